The second kappa shape index (κ2) is 8.44. The summed E-state index contributed by atoms with van der Waals surface area (Å²) in [7, 11) is -1.37. The first-order chi connectivity index (χ1) is 11.8. The maximum Gasteiger partial charge on any atom is 0.334 e. The Balaban J connectivity index is 2.12. The van der Waals surface area contributed by atoms with Gasteiger partial charge in [-0.15, -0.1) is 0 Å². The molecule has 2 aromatic rings. The molecule has 2 aromatic carbocycles. The van der Waals surface area contributed by atoms with E-state index in [9.17, 15) is 9.13 Å². The molecule has 2 rings (SSSR count). The monoisotopic (exact) mass is 382 g/mol. The van der Waals surface area contributed by atoms with Gasteiger partial charge in [-0.2, -0.15) is 0 Å². The molecule has 0 saturated carbocycles. The summed E-state index contributed by atoms with van der Waals surface area (Å²) in [5, 5.41) is 0. The van der Waals surface area contributed by atoms with E-state index in [1.807, 2.05) is 48.5 Å². The highest BCUT2D eigenvalue weighted by Gasteiger charge is 2.21. The SMILES string of the molecule is COP(C)(=O)Cc1ccc(-c2ccc(CP(=O)(OC)OC)cc2)cc1. The van der Waals surface area contributed by atoms with Crippen molar-refractivity contribution in [2.24, 2.45) is 0 Å². The maximum absolute atomic E-state index is 12.2. The third kappa shape index (κ3) is 5.64. The van der Waals surface area contributed by atoms with Gasteiger partial charge in [-0.25, -0.2) is 0 Å². The average molecular weight is 382 g/mol. The Hall–Kier alpha value is -1.22. The molecule has 25 heavy (non-hydrogen) atoms. The Morgan fingerprint density at radius 2 is 1.08 bits per heavy atom. The molecule has 1 unspecified atom stereocenters. The third-order valence-electron chi connectivity index (χ3n) is 4.03. The number of hydrogen-bond donors (Lipinski definition) is 0. The average Bonchev–Trinajstić information content (AvgIpc) is 2.63. The predicted molar refractivity (Wildman–Crippen MR) is 101 cm³/mol. The van der Waals surface area contributed by atoms with Crippen LogP contribution in [-0.4, -0.2) is 28.0 Å². The zero-order chi connectivity index (χ0) is 18.5. The summed E-state index contributed by atoms with van der Waals surface area (Å²) in [6, 6.07) is 15.7. The van der Waals surface area contributed by atoms with Crippen LogP contribution in [0.1, 0.15) is 11.1 Å². The molecule has 136 valence electrons. The molecule has 0 N–H and O–H groups in total. The summed E-state index contributed by atoms with van der Waals surface area (Å²) in [5.74, 6) is 0. The van der Waals surface area contributed by atoms with Crippen molar-refractivity contribution in [3.05, 3.63) is 59.7 Å². The van der Waals surface area contributed by atoms with Crippen molar-refractivity contribution in [1.29, 1.82) is 0 Å². The second-order valence-corrected chi connectivity index (χ2v) is 10.9. The minimum Gasteiger partial charge on any atom is -0.332 e. The standard InChI is InChI=1S/C18H24O5P2/c1-21-24(4,19)13-15-5-9-17(10-6-15)18-11-7-16(8-12-18)14-25(20,22-2)23-3/h5-12H,13-14H2,1-4H3. The van der Waals surface area contributed by atoms with E-state index in [2.05, 4.69) is 0 Å². The minimum absolute atomic E-state index is 0.238. The van der Waals surface area contributed by atoms with Crippen molar-refractivity contribution >= 4 is 15.0 Å². The Labute approximate surface area is 149 Å². The van der Waals surface area contributed by atoms with Gasteiger partial charge in [-0.1, -0.05) is 48.5 Å². The summed E-state index contributed by atoms with van der Waals surface area (Å²) < 4.78 is 39.2. The quantitative estimate of drug-likeness (QED) is 0.573. The molecular formula is C18H24O5P2. The summed E-state index contributed by atoms with van der Waals surface area (Å²) in [6.45, 7) is 1.64. The predicted octanol–water partition coefficient (Wildman–Crippen LogP) is 5.39. The summed E-state index contributed by atoms with van der Waals surface area (Å²) in [5.41, 5.74) is 3.97. The fraction of sp³-hybridized carbons (Fsp3) is 0.333. The van der Waals surface area contributed by atoms with E-state index < -0.39 is 15.0 Å². The van der Waals surface area contributed by atoms with Crippen molar-refractivity contribution in [3.8, 4) is 11.1 Å². The molecule has 0 aliphatic carbocycles. The summed E-state index contributed by atoms with van der Waals surface area (Å²) in [4.78, 5) is 0. The lowest BCUT2D eigenvalue weighted by Crippen LogP contribution is -1.93. The molecule has 0 radical (unpaired) electrons. The van der Waals surface area contributed by atoms with Gasteiger partial charge in [0.25, 0.3) is 0 Å². The minimum atomic E-state index is -3.06. The Morgan fingerprint density at radius 3 is 1.44 bits per heavy atom. The van der Waals surface area contributed by atoms with Gasteiger partial charge < -0.3 is 13.6 Å². The lowest BCUT2D eigenvalue weighted by atomic mass is 10.0. The zero-order valence-electron chi connectivity index (χ0n) is 15.0. The molecule has 0 aromatic heterocycles. The van der Waals surface area contributed by atoms with Crippen LogP contribution < -0.4 is 0 Å². The van der Waals surface area contributed by atoms with Crippen molar-refractivity contribution in [1.82, 2.24) is 0 Å². The highest BCUT2D eigenvalue weighted by molar-refractivity contribution is 7.57. The van der Waals surface area contributed by atoms with Crippen LogP contribution in [0.15, 0.2) is 48.5 Å². The van der Waals surface area contributed by atoms with Gasteiger partial charge in [0.1, 0.15) is 0 Å². The second-order valence-electron chi connectivity index (χ2n) is 5.88. The third-order valence-corrected chi connectivity index (χ3v) is 7.61. The van der Waals surface area contributed by atoms with Crippen molar-refractivity contribution in [3.63, 3.8) is 0 Å². The molecule has 5 nitrogen and oxygen atoms in total. The fourth-order valence-electron chi connectivity index (χ4n) is 2.43. The molecule has 0 bridgehead atoms. The Kier molecular flexibility index (Phi) is 6.79. The van der Waals surface area contributed by atoms with Gasteiger partial charge in [-0.3, -0.25) is 9.13 Å². The lowest BCUT2D eigenvalue weighted by molar-refractivity contribution is 0.275. The summed E-state index contributed by atoms with van der Waals surface area (Å²) in [6.07, 6.45) is 0.661. The highest BCUT2D eigenvalue weighted by atomic mass is 31.2. The molecule has 0 saturated heterocycles. The van der Waals surface area contributed by atoms with Crippen molar-refractivity contribution < 1.29 is 22.7 Å². The molecule has 0 aliphatic heterocycles. The largest absolute Gasteiger partial charge is 0.334 e. The van der Waals surface area contributed by atoms with E-state index >= 15 is 0 Å². The van der Waals surface area contributed by atoms with E-state index in [1.165, 1.54) is 21.3 Å². The van der Waals surface area contributed by atoms with Gasteiger partial charge >= 0.3 is 7.60 Å². The highest BCUT2D eigenvalue weighted by Crippen LogP contribution is 2.49. The van der Waals surface area contributed by atoms with Gasteiger partial charge in [0.05, 0.1) is 6.16 Å². The van der Waals surface area contributed by atoms with E-state index in [0.717, 1.165) is 22.3 Å². The van der Waals surface area contributed by atoms with Crippen LogP contribution in [0.2, 0.25) is 0 Å². The van der Waals surface area contributed by atoms with Gasteiger partial charge in [0, 0.05) is 34.2 Å². The molecule has 0 heterocycles. The van der Waals surface area contributed by atoms with Crippen LogP contribution in [0.5, 0.6) is 0 Å². The zero-order valence-corrected chi connectivity index (χ0v) is 16.8. The van der Waals surface area contributed by atoms with Gasteiger partial charge in [0.2, 0.25) is 7.37 Å². The van der Waals surface area contributed by atoms with E-state index in [-0.39, 0.29) is 6.16 Å². The van der Waals surface area contributed by atoms with Gasteiger partial charge in [-0.05, 0) is 22.3 Å². The number of hydrogen-bond acceptors (Lipinski definition) is 5. The van der Waals surface area contributed by atoms with Crippen molar-refractivity contribution in [2.45, 2.75) is 12.3 Å². The first-order valence-electron chi connectivity index (χ1n) is 7.82. The first kappa shape index (κ1) is 20.1. The Bertz CT molecular complexity index is 776. The molecule has 0 spiro atoms. The van der Waals surface area contributed by atoms with E-state index in [1.54, 1.807) is 6.66 Å². The molecule has 0 aliphatic rings. The van der Waals surface area contributed by atoms with E-state index in [4.69, 9.17) is 13.6 Å². The normalized spacial score (nSPS) is 14.2. The van der Waals surface area contributed by atoms with Crippen LogP contribution in [0.25, 0.3) is 11.1 Å². The number of benzene rings is 2. The van der Waals surface area contributed by atoms with Crippen molar-refractivity contribution in [2.75, 3.05) is 28.0 Å². The molecule has 1 atom stereocenters. The molecule has 7 heteroatoms. The lowest BCUT2D eigenvalue weighted by Gasteiger charge is -2.14. The van der Waals surface area contributed by atoms with Crippen LogP contribution in [0, 0.1) is 0 Å². The fourth-order valence-corrected chi connectivity index (χ4v) is 4.50. The first-order valence-corrected chi connectivity index (χ1v) is 11.8. The van der Waals surface area contributed by atoms with Crippen LogP contribution >= 0.6 is 15.0 Å². The topological polar surface area (TPSA) is 61.8 Å². The van der Waals surface area contributed by atoms with Gasteiger partial charge in [0.15, 0.2) is 0 Å². The maximum atomic E-state index is 12.2. The van der Waals surface area contributed by atoms with Crippen LogP contribution in [-0.2, 0) is 35.0 Å². The summed E-state index contributed by atoms with van der Waals surface area (Å²) >= 11 is 0. The van der Waals surface area contributed by atoms with E-state index in [0.29, 0.717) is 6.16 Å². The van der Waals surface area contributed by atoms with Crippen LogP contribution in [0.3, 0.4) is 0 Å². The molecule has 0 fully saturated rings. The molecule has 0 amide bonds. The number of rotatable bonds is 8. The Morgan fingerprint density at radius 1 is 0.680 bits per heavy atom. The van der Waals surface area contributed by atoms with Crippen LogP contribution in [0.4, 0.5) is 0 Å². The molecular weight excluding hydrogens is 358 g/mol. The smallest absolute Gasteiger partial charge is 0.332 e.